The molecule has 2 N–H and O–H groups in total. The van der Waals surface area contributed by atoms with Crippen LogP contribution in [-0.4, -0.2) is 0 Å². The number of fused-ring (bicyclic) bond motifs is 1. The van der Waals surface area contributed by atoms with Crippen molar-refractivity contribution in [1.82, 2.24) is 0 Å². The quantitative estimate of drug-likeness (QED) is 0.379. The molecule has 0 saturated carbocycles. The van der Waals surface area contributed by atoms with E-state index >= 15 is 0 Å². The fraction of sp³-hybridized carbons (Fsp3) is 0.0500. The molecule has 3 aromatic carbocycles. The highest BCUT2D eigenvalue weighted by molar-refractivity contribution is 5.97. The average molecular weight is 297 g/mol. The van der Waals surface area contributed by atoms with E-state index in [4.69, 9.17) is 5.73 Å². The molecule has 3 heteroatoms. The lowest BCUT2D eigenvalue weighted by Gasteiger charge is -2.10. The van der Waals surface area contributed by atoms with Crippen LogP contribution >= 0.6 is 0 Å². The van der Waals surface area contributed by atoms with Crippen LogP contribution in [0.1, 0.15) is 11.5 Å². The Morgan fingerprint density at radius 1 is 0.826 bits per heavy atom. The first-order chi connectivity index (χ1) is 11.3. The van der Waals surface area contributed by atoms with Crippen LogP contribution in [0.3, 0.4) is 0 Å². The zero-order valence-corrected chi connectivity index (χ0v) is 12.5. The summed E-state index contributed by atoms with van der Waals surface area (Å²) in [6.07, 6.45) is 4.10. The highest BCUT2D eigenvalue weighted by Crippen LogP contribution is 2.33. The van der Waals surface area contributed by atoms with Crippen molar-refractivity contribution in [1.29, 1.82) is 0 Å². The molecule has 0 unspecified atom stereocenters. The molecule has 3 nitrogen and oxygen atoms in total. The second-order valence-electron chi connectivity index (χ2n) is 5.54. The van der Waals surface area contributed by atoms with Crippen LogP contribution in [0, 0.1) is 0 Å². The summed E-state index contributed by atoms with van der Waals surface area (Å²) in [6.45, 7) is 0. The SMILES string of the molecule is Nc1ccc2ccccc2c1N=Nc1ccc(C2C=C=C2)cc1. The Hall–Kier alpha value is -3.16. The second kappa shape index (κ2) is 5.56. The minimum atomic E-state index is 0.384. The lowest BCUT2D eigenvalue weighted by Crippen LogP contribution is -1.93. The minimum absolute atomic E-state index is 0.384. The molecule has 4 rings (SSSR count). The number of nitrogens with two attached hydrogens (primary N) is 1. The van der Waals surface area contributed by atoms with E-state index in [9.17, 15) is 0 Å². The number of benzene rings is 3. The van der Waals surface area contributed by atoms with Gasteiger partial charge in [0.15, 0.2) is 0 Å². The summed E-state index contributed by atoms with van der Waals surface area (Å²) < 4.78 is 0. The van der Waals surface area contributed by atoms with Gasteiger partial charge >= 0.3 is 0 Å². The molecule has 0 bridgehead atoms. The first-order valence-electron chi connectivity index (χ1n) is 7.53. The van der Waals surface area contributed by atoms with E-state index < -0.39 is 0 Å². The third-order valence-electron chi connectivity index (χ3n) is 4.03. The van der Waals surface area contributed by atoms with E-state index in [-0.39, 0.29) is 0 Å². The van der Waals surface area contributed by atoms with Gasteiger partial charge in [0.05, 0.1) is 11.4 Å². The first kappa shape index (κ1) is 13.5. The molecular formula is C20H15N3. The Morgan fingerprint density at radius 3 is 2.35 bits per heavy atom. The van der Waals surface area contributed by atoms with Gasteiger partial charge in [-0.1, -0.05) is 42.5 Å². The van der Waals surface area contributed by atoms with Crippen LogP contribution in [0.25, 0.3) is 10.8 Å². The summed E-state index contributed by atoms with van der Waals surface area (Å²) >= 11 is 0. The molecular weight excluding hydrogens is 282 g/mol. The predicted molar refractivity (Wildman–Crippen MR) is 94.4 cm³/mol. The van der Waals surface area contributed by atoms with Crippen molar-refractivity contribution >= 4 is 27.8 Å². The third kappa shape index (κ3) is 2.54. The largest absolute Gasteiger partial charge is 0.397 e. The Kier molecular flexibility index (Phi) is 3.26. The van der Waals surface area contributed by atoms with Crippen molar-refractivity contribution in [3.8, 4) is 0 Å². The van der Waals surface area contributed by atoms with E-state index in [0.717, 1.165) is 22.1 Å². The summed E-state index contributed by atoms with van der Waals surface area (Å²) in [5.74, 6) is 0.384. The van der Waals surface area contributed by atoms with Crippen LogP contribution in [-0.2, 0) is 0 Å². The fourth-order valence-electron chi connectivity index (χ4n) is 2.64. The summed E-state index contributed by atoms with van der Waals surface area (Å²) in [7, 11) is 0. The highest BCUT2D eigenvalue weighted by atomic mass is 15.1. The van der Waals surface area contributed by atoms with Gasteiger partial charge in [-0.2, -0.15) is 5.11 Å². The van der Waals surface area contributed by atoms with Gasteiger partial charge in [0, 0.05) is 11.3 Å². The Morgan fingerprint density at radius 2 is 1.61 bits per heavy atom. The number of hydrogen-bond acceptors (Lipinski definition) is 3. The van der Waals surface area contributed by atoms with E-state index in [1.54, 1.807) is 0 Å². The maximum Gasteiger partial charge on any atom is 0.116 e. The third-order valence-corrected chi connectivity index (χ3v) is 4.03. The molecule has 0 aromatic heterocycles. The lowest BCUT2D eigenvalue weighted by atomic mass is 9.94. The molecule has 0 spiro atoms. The van der Waals surface area contributed by atoms with E-state index in [1.807, 2.05) is 60.7 Å². The summed E-state index contributed by atoms with van der Waals surface area (Å²) in [4.78, 5) is 0. The van der Waals surface area contributed by atoms with Gasteiger partial charge in [-0.05, 0) is 41.3 Å². The van der Waals surface area contributed by atoms with Gasteiger partial charge < -0.3 is 5.73 Å². The molecule has 0 atom stereocenters. The predicted octanol–water partition coefficient (Wildman–Crippen LogP) is 5.65. The average Bonchev–Trinajstić information content (AvgIpc) is 2.54. The van der Waals surface area contributed by atoms with E-state index in [1.165, 1.54) is 5.56 Å². The highest BCUT2D eigenvalue weighted by Gasteiger charge is 2.08. The van der Waals surface area contributed by atoms with E-state index in [0.29, 0.717) is 11.6 Å². The summed E-state index contributed by atoms with van der Waals surface area (Å²) in [6, 6.07) is 20.0. The number of nitrogens with zero attached hydrogens (tertiary/aromatic N) is 2. The molecule has 0 fully saturated rings. The summed E-state index contributed by atoms with van der Waals surface area (Å²) in [5, 5.41) is 10.8. The van der Waals surface area contributed by atoms with Crippen molar-refractivity contribution < 1.29 is 0 Å². The maximum atomic E-state index is 6.07. The molecule has 110 valence electrons. The maximum absolute atomic E-state index is 6.07. The van der Waals surface area contributed by atoms with Crippen LogP contribution in [0.5, 0.6) is 0 Å². The van der Waals surface area contributed by atoms with Crippen molar-refractivity contribution in [3.05, 3.63) is 84.1 Å². The Balaban J connectivity index is 1.66. The molecule has 23 heavy (non-hydrogen) atoms. The Labute approximate surface area is 134 Å². The van der Waals surface area contributed by atoms with Crippen molar-refractivity contribution in [2.75, 3.05) is 5.73 Å². The van der Waals surface area contributed by atoms with E-state index in [2.05, 4.69) is 28.1 Å². The molecule has 0 radical (unpaired) electrons. The van der Waals surface area contributed by atoms with Gasteiger partial charge in [0.1, 0.15) is 5.69 Å². The second-order valence-corrected chi connectivity index (χ2v) is 5.54. The van der Waals surface area contributed by atoms with Crippen LogP contribution in [0.4, 0.5) is 17.1 Å². The molecule has 0 aliphatic heterocycles. The first-order valence-corrected chi connectivity index (χ1v) is 7.53. The fourth-order valence-corrected chi connectivity index (χ4v) is 2.64. The number of nitrogen functional groups attached to an aromatic ring is 1. The van der Waals surface area contributed by atoms with Crippen molar-refractivity contribution in [2.45, 2.75) is 5.92 Å². The smallest absolute Gasteiger partial charge is 0.116 e. The van der Waals surface area contributed by atoms with Gasteiger partial charge in [-0.3, -0.25) is 0 Å². The number of azo groups is 1. The van der Waals surface area contributed by atoms with Gasteiger partial charge in [-0.25, -0.2) is 0 Å². The molecule has 0 saturated heterocycles. The molecule has 1 aliphatic carbocycles. The lowest BCUT2D eigenvalue weighted by molar-refractivity contribution is 1.05. The molecule has 1 aliphatic rings. The minimum Gasteiger partial charge on any atom is -0.397 e. The van der Waals surface area contributed by atoms with Gasteiger partial charge in [-0.15, -0.1) is 10.8 Å². The topological polar surface area (TPSA) is 50.7 Å². The molecule has 0 amide bonds. The standard InChI is InChI=1S/C20H15N3/c21-19-13-10-16-4-1-2-7-18(16)20(19)23-22-17-11-8-15(9-12-17)14-5-3-6-14/h1-2,4-14H,21H2. The zero-order valence-electron chi connectivity index (χ0n) is 12.5. The monoisotopic (exact) mass is 297 g/mol. The molecule has 3 aromatic rings. The number of hydrogen-bond donors (Lipinski definition) is 1. The van der Waals surface area contributed by atoms with Crippen LogP contribution in [0.15, 0.2) is 88.8 Å². The van der Waals surface area contributed by atoms with Crippen LogP contribution < -0.4 is 5.73 Å². The van der Waals surface area contributed by atoms with Crippen LogP contribution in [0.2, 0.25) is 0 Å². The summed E-state index contributed by atoms with van der Waals surface area (Å²) in [5.41, 5.74) is 12.5. The zero-order chi connectivity index (χ0) is 15.6. The van der Waals surface area contributed by atoms with Crippen molar-refractivity contribution in [3.63, 3.8) is 0 Å². The normalized spacial score (nSPS) is 13.7. The van der Waals surface area contributed by atoms with Gasteiger partial charge in [0.2, 0.25) is 0 Å². The number of anilines is 1. The molecule has 0 heterocycles. The number of allylic oxidation sites excluding steroid dienone is 1. The van der Waals surface area contributed by atoms with Crippen molar-refractivity contribution in [2.24, 2.45) is 10.2 Å². The van der Waals surface area contributed by atoms with Gasteiger partial charge in [0.25, 0.3) is 0 Å². The Bertz CT molecular complexity index is 954. The number of rotatable bonds is 3.